The molecule has 1 unspecified atom stereocenters. The van der Waals surface area contributed by atoms with E-state index in [1.165, 1.54) is 0 Å². The Bertz CT molecular complexity index is 808. The average molecular weight is 363 g/mol. The molecular formula is C22H25N3O2. The minimum Gasteiger partial charge on any atom is -0.497 e. The van der Waals surface area contributed by atoms with Crippen molar-refractivity contribution in [2.45, 2.75) is 26.4 Å². The van der Waals surface area contributed by atoms with Crippen molar-refractivity contribution >= 4 is 5.91 Å². The lowest BCUT2D eigenvalue weighted by atomic mass is 10.1. The molecule has 5 nitrogen and oxygen atoms in total. The van der Waals surface area contributed by atoms with E-state index >= 15 is 0 Å². The monoisotopic (exact) mass is 363 g/mol. The Hall–Kier alpha value is -3.26. The molecule has 0 saturated carbocycles. The lowest BCUT2D eigenvalue weighted by molar-refractivity contribution is -0.117. The van der Waals surface area contributed by atoms with Gasteiger partial charge in [-0.05, 0) is 37.1 Å². The largest absolute Gasteiger partial charge is 0.497 e. The van der Waals surface area contributed by atoms with E-state index in [-0.39, 0.29) is 17.5 Å². The standard InChI is InChI=1S/C22H25N3O2/c1-4-25(15-18-8-6-5-7-9-18)16-20(14-23)22(26)24-17(2)19-10-12-21(27-3)13-11-19/h5-13,16-17H,4,15H2,1-3H3,(H,24,26)/b20-16-. The van der Waals surface area contributed by atoms with Gasteiger partial charge in [-0.1, -0.05) is 42.5 Å². The van der Waals surface area contributed by atoms with Gasteiger partial charge in [0.2, 0.25) is 0 Å². The zero-order valence-electron chi connectivity index (χ0n) is 16.0. The minimum absolute atomic E-state index is 0.0909. The first-order chi connectivity index (χ1) is 13.1. The van der Waals surface area contributed by atoms with Crippen LogP contribution in [0.5, 0.6) is 5.75 Å². The van der Waals surface area contributed by atoms with Gasteiger partial charge in [0.05, 0.1) is 13.2 Å². The number of ether oxygens (including phenoxy) is 1. The molecule has 27 heavy (non-hydrogen) atoms. The number of hydrogen-bond donors (Lipinski definition) is 1. The summed E-state index contributed by atoms with van der Waals surface area (Å²) in [4.78, 5) is 14.5. The van der Waals surface area contributed by atoms with Gasteiger partial charge in [-0.3, -0.25) is 4.79 Å². The first kappa shape index (κ1) is 20.1. The van der Waals surface area contributed by atoms with Crippen LogP contribution in [0.2, 0.25) is 0 Å². The first-order valence-electron chi connectivity index (χ1n) is 8.92. The third-order valence-corrected chi connectivity index (χ3v) is 4.27. The summed E-state index contributed by atoms with van der Waals surface area (Å²) in [7, 11) is 1.61. The number of nitriles is 1. The average Bonchev–Trinajstić information content (AvgIpc) is 2.71. The lowest BCUT2D eigenvalue weighted by Crippen LogP contribution is -2.29. The van der Waals surface area contributed by atoms with E-state index in [1.807, 2.05) is 79.4 Å². The van der Waals surface area contributed by atoms with Gasteiger partial charge in [0, 0.05) is 19.3 Å². The Labute approximate surface area is 160 Å². The molecule has 2 aromatic carbocycles. The fraction of sp³-hybridized carbons (Fsp3) is 0.273. The van der Waals surface area contributed by atoms with E-state index in [0.717, 1.165) is 16.9 Å². The highest BCUT2D eigenvalue weighted by molar-refractivity contribution is 5.97. The Morgan fingerprint density at radius 2 is 1.89 bits per heavy atom. The van der Waals surface area contributed by atoms with Crippen molar-refractivity contribution in [3.8, 4) is 11.8 Å². The summed E-state index contributed by atoms with van der Waals surface area (Å²) in [5.41, 5.74) is 2.16. The minimum atomic E-state index is -0.382. The van der Waals surface area contributed by atoms with Crippen LogP contribution in [-0.4, -0.2) is 24.5 Å². The van der Waals surface area contributed by atoms with Crippen molar-refractivity contribution in [2.75, 3.05) is 13.7 Å². The van der Waals surface area contributed by atoms with Crippen LogP contribution in [0.1, 0.15) is 31.0 Å². The van der Waals surface area contributed by atoms with Crippen molar-refractivity contribution in [3.63, 3.8) is 0 Å². The molecule has 0 aliphatic heterocycles. The van der Waals surface area contributed by atoms with Gasteiger partial charge in [0.1, 0.15) is 17.4 Å². The van der Waals surface area contributed by atoms with Crippen molar-refractivity contribution in [1.29, 1.82) is 5.26 Å². The Kier molecular flexibility index (Phi) is 7.45. The van der Waals surface area contributed by atoms with Gasteiger partial charge in [0.15, 0.2) is 0 Å². The first-order valence-corrected chi connectivity index (χ1v) is 8.92. The maximum Gasteiger partial charge on any atom is 0.263 e. The fourth-order valence-electron chi connectivity index (χ4n) is 2.64. The molecule has 0 saturated heterocycles. The second-order valence-electron chi connectivity index (χ2n) is 6.17. The molecule has 0 spiro atoms. The quantitative estimate of drug-likeness (QED) is 0.572. The molecule has 0 fully saturated rings. The van der Waals surface area contributed by atoms with E-state index in [0.29, 0.717) is 13.1 Å². The van der Waals surface area contributed by atoms with Crippen LogP contribution in [0, 0.1) is 11.3 Å². The molecule has 0 radical (unpaired) electrons. The summed E-state index contributed by atoms with van der Waals surface area (Å²) >= 11 is 0. The predicted molar refractivity (Wildman–Crippen MR) is 106 cm³/mol. The zero-order chi connectivity index (χ0) is 19.6. The third kappa shape index (κ3) is 5.89. The van der Waals surface area contributed by atoms with Crippen LogP contribution in [0.15, 0.2) is 66.4 Å². The van der Waals surface area contributed by atoms with Crippen LogP contribution in [-0.2, 0) is 11.3 Å². The van der Waals surface area contributed by atoms with Crippen LogP contribution < -0.4 is 10.1 Å². The summed E-state index contributed by atoms with van der Waals surface area (Å²) in [6.45, 7) is 5.22. The molecule has 1 N–H and O–H groups in total. The molecule has 2 rings (SSSR count). The molecule has 140 valence electrons. The van der Waals surface area contributed by atoms with Crippen molar-refractivity contribution in [2.24, 2.45) is 0 Å². The van der Waals surface area contributed by atoms with Gasteiger partial charge in [-0.2, -0.15) is 5.26 Å². The molecule has 0 aromatic heterocycles. The van der Waals surface area contributed by atoms with E-state index in [4.69, 9.17) is 4.74 Å². The van der Waals surface area contributed by atoms with E-state index in [9.17, 15) is 10.1 Å². The highest BCUT2D eigenvalue weighted by atomic mass is 16.5. The van der Waals surface area contributed by atoms with Crippen LogP contribution in [0.3, 0.4) is 0 Å². The van der Waals surface area contributed by atoms with Crippen LogP contribution in [0.4, 0.5) is 0 Å². The molecule has 1 amide bonds. The molecule has 0 bridgehead atoms. The van der Waals surface area contributed by atoms with Gasteiger partial charge in [-0.25, -0.2) is 0 Å². The van der Waals surface area contributed by atoms with Crippen molar-refractivity contribution in [1.82, 2.24) is 10.2 Å². The van der Waals surface area contributed by atoms with E-state index in [2.05, 4.69) is 5.32 Å². The van der Waals surface area contributed by atoms with Gasteiger partial charge < -0.3 is 15.0 Å². The molecule has 0 aliphatic carbocycles. The molecule has 2 aromatic rings. The SMILES string of the molecule is CCN(/C=C(/C#N)C(=O)NC(C)c1ccc(OC)cc1)Cc1ccccc1. The Balaban J connectivity index is 2.06. The lowest BCUT2D eigenvalue weighted by Gasteiger charge is -2.20. The second-order valence-corrected chi connectivity index (χ2v) is 6.17. The number of nitrogens with zero attached hydrogens (tertiary/aromatic N) is 2. The maximum atomic E-state index is 12.5. The number of methoxy groups -OCH3 is 1. The number of carbonyl (C=O) groups excluding carboxylic acids is 1. The van der Waals surface area contributed by atoms with Crippen LogP contribution in [0.25, 0.3) is 0 Å². The number of rotatable bonds is 8. The van der Waals surface area contributed by atoms with E-state index < -0.39 is 0 Å². The normalized spacial score (nSPS) is 12.0. The Morgan fingerprint density at radius 1 is 1.22 bits per heavy atom. The molecular weight excluding hydrogens is 338 g/mol. The summed E-state index contributed by atoms with van der Waals surface area (Å²) in [5.74, 6) is 0.377. The topological polar surface area (TPSA) is 65.4 Å². The number of carbonyl (C=O) groups is 1. The highest BCUT2D eigenvalue weighted by Crippen LogP contribution is 2.17. The number of nitrogens with one attached hydrogen (secondary N) is 1. The summed E-state index contributed by atoms with van der Waals surface area (Å²) in [5, 5.41) is 12.3. The predicted octanol–water partition coefficient (Wildman–Crippen LogP) is 3.80. The second kappa shape index (κ2) is 10.0. The summed E-state index contributed by atoms with van der Waals surface area (Å²) < 4.78 is 5.15. The van der Waals surface area contributed by atoms with Crippen molar-refractivity contribution < 1.29 is 9.53 Å². The highest BCUT2D eigenvalue weighted by Gasteiger charge is 2.15. The number of hydrogen-bond acceptors (Lipinski definition) is 4. The number of amides is 1. The Morgan fingerprint density at radius 3 is 2.44 bits per heavy atom. The van der Waals surface area contributed by atoms with Gasteiger partial charge >= 0.3 is 0 Å². The van der Waals surface area contributed by atoms with Crippen LogP contribution >= 0.6 is 0 Å². The molecule has 0 aliphatic rings. The molecule has 0 heterocycles. The third-order valence-electron chi connectivity index (χ3n) is 4.27. The van der Waals surface area contributed by atoms with Gasteiger partial charge in [-0.15, -0.1) is 0 Å². The summed E-state index contributed by atoms with van der Waals surface area (Å²) in [6, 6.07) is 19.2. The fourth-order valence-corrected chi connectivity index (χ4v) is 2.64. The maximum absolute atomic E-state index is 12.5. The van der Waals surface area contributed by atoms with E-state index in [1.54, 1.807) is 13.3 Å². The summed E-state index contributed by atoms with van der Waals surface area (Å²) in [6.07, 6.45) is 1.63. The zero-order valence-corrected chi connectivity index (χ0v) is 16.0. The number of benzene rings is 2. The molecule has 5 heteroatoms. The molecule has 1 atom stereocenters. The van der Waals surface area contributed by atoms with Gasteiger partial charge in [0.25, 0.3) is 5.91 Å². The van der Waals surface area contributed by atoms with Crippen molar-refractivity contribution in [3.05, 3.63) is 77.5 Å². The smallest absolute Gasteiger partial charge is 0.263 e.